The molecule has 7 heteroatoms. The highest BCUT2D eigenvalue weighted by molar-refractivity contribution is 6.22. The average molecular weight is 747 g/mol. The van der Waals surface area contributed by atoms with Gasteiger partial charge in [-0.15, -0.1) is 0 Å². The second-order valence-electron chi connectivity index (χ2n) is 9.78. The maximum absolute atomic E-state index is 13.3. The van der Waals surface area contributed by atoms with Crippen molar-refractivity contribution in [2.24, 2.45) is 0 Å². The standard InChI is InChI=1S/C31H44N2O3.2HI/c1-7-17-32(9-3,10-4)19-21-35-25-13-15-27-28-16-14-26(24-30(28)31(34)29(27)23-25)36-22-20-33(11-5,12-6)18-8-2;;/h7-8,13-16,23-24H,1-2,9-12,17-22H2,3-6H3;2*1H/q+2;;/p-2. The van der Waals surface area contributed by atoms with Gasteiger partial charge in [0, 0.05) is 11.1 Å². The monoisotopic (exact) mass is 746 g/mol. The third kappa shape index (κ3) is 7.82. The fourth-order valence-electron chi connectivity index (χ4n) is 5.26. The van der Waals surface area contributed by atoms with E-state index in [0.29, 0.717) is 24.3 Å². The Morgan fingerprint density at radius 1 is 0.658 bits per heavy atom. The van der Waals surface area contributed by atoms with Gasteiger partial charge in [-0.3, -0.25) is 4.79 Å². The minimum absolute atomic E-state index is 0. The van der Waals surface area contributed by atoms with E-state index in [2.05, 4.69) is 40.9 Å². The van der Waals surface area contributed by atoms with Gasteiger partial charge in [-0.25, -0.2) is 0 Å². The van der Waals surface area contributed by atoms with E-state index in [-0.39, 0.29) is 53.7 Å². The van der Waals surface area contributed by atoms with Crippen molar-refractivity contribution < 1.29 is 71.2 Å². The van der Waals surface area contributed by atoms with Crippen LogP contribution in [-0.2, 0) is 0 Å². The number of halogens is 2. The Labute approximate surface area is 264 Å². The first-order valence-electron chi connectivity index (χ1n) is 13.4. The van der Waals surface area contributed by atoms with E-state index in [4.69, 9.17) is 9.47 Å². The highest BCUT2D eigenvalue weighted by Crippen LogP contribution is 2.40. The molecular formula is C31H44I2N2O3. The largest absolute Gasteiger partial charge is 1.00 e. The minimum Gasteiger partial charge on any atom is -1.00 e. The number of likely N-dealkylation sites (N-methyl/N-ethyl adjacent to an activating group) is 2. The predicted octanol–water partition coefficient (Wildman–Crippen LogP) is -0.251. The molecule has 0 N–H and O–H groups in total. The first kappa shape index (κ1) is 34.6. The van der Waals surface area contributed by atoms with Gasteiger partial charge >= 0.3 is 0 Å². The first-order valence-corrected chi connectivity index (χ1v) is 13.4. The van der Waals surface area contributed by atoms with Gasteiger partial charge in [0.25, 0.3) is 0 Å². The number of benzene rings is 2. The summed E-state index contributed by atoms with van der Waals surface area (Å²) in [6.07, 6.45) is 3.97. The highest BCUT2D eigenvalue weighted by atomic mass is 127. The molecule has 2 aromatic carbocycles. The van der Waals surface area contributed by atoms with Crippen LogP contribution in [0, 0.1) is 0 Å². The van der Waals surface area contributed by atoms with Crippen LogP contribution in [0.3, 0.4) is 0 Å². The molecule has 0 radical (unpaired) electrons. The van der Waals surface area contributed by atoms with E-state index in [1.165, 1.54) is 0 Å². The van der Waals surface area contributed by atoms with Gasteiger partial charge in [0.15, 0.2) is 5.78 Å². The van der Waals surface area contributed by atoms with Crippen molar-refractivity contribution in [3.8, 4) is 22.6 Å². The SMILES string of the molecule is C=CC[N+](CC)(CC)CCOc1ccc2c(c1)C(=O)c1cc(OCC[N+](CC)(CC)CC=C)ccc1-2.[I-].[I-]. The lowest BCUT2D eigenvalue weighted by Crippen LogP contribution is -3.00. The van der Waals surface area contributed by atoms with Crippen molar-refractivity contribution >= 4 is 5.78 Å². The van der Waals surface area contributed by atoms with E-state index in [0.717, 1.165) is 84.0 Å². The molecule has 0 amide bonds. The number of ether oxygens (including phenoxy) is 2. The van der Waals surface area contributed by atoms with Crippen molar-refractivity contribution in [3.63, 3.8) is 0 Å². The molecule has 3 rings (SSSR count). The molecule has 5 nitrogen and oxygen atoms in total. The number of carbonyl (C=O) groups excluding carboxylic acids is 1. The number of fused-ring (bicyclic) bond motifs is 3. The summed E-state index contributed by atoms with van der Waals surface area (Å²) in [5, 5.41) is 0. The third-order valence-corrected chi connectivity index (χ3v) is 8.15. The second kappa shape index (κ2) is 16.0. The average Bonchev–Trinajstić information content (AvgIpc) is 3.18. The summed E-state index contributed by atoms with van der Waals surface area (Å²) in [5.74, 6) is 1.52. The maximum Gasteiger partial charge on any atom is 0.194 e. The molecule has 0 atom stereocenters. The van der Waals surface area contributed by atoms with Crippen LogP contribution in [0.25, 0.3) is 11.1 Å². The highest BCUT2D eigenvalue weighted by Gasteiger charge is 2.28. The van der Waals surface area contributed by atoms with Crippen molar-refractivity contribution in [2.75, 3.05) is 65.6 Å². The van der Waals surface area contributed by atoms with Crippen LogP contribution >= 0.6 is 0 Å². The molecular weight excluding hydrogens is 702 g/mol. The van der Waals surface area contributed by atoms with E-state index in [1.54, 1.807) is 0 Å². The number of hydrogen-bond acceptors (Lipinski definition) is 3. The Kier molecular flexibility index (Phi) is 14.6. The minimum atomic E-state index is 0. The van der Waals surface area contributed by atoms with Crippen LogP contribution in [0.4, 0.5) is 0 Å². The lowest BCUT2D eigenvalue weighted by atomic mass is 10.1. The summed E-state index contributed by atoms with van der Waals surface area (Å²) in [6, 6.07) is 11.7. The van der Waals surface area contributed by atoms with Crippen LogP contribution in [0.2, 0.25) is 0 Å². The number of hydrogen-bond donors (Lipinski definition) is 0. The van der Waals surface area contributed by atoms with Crippen LogP contribution < -0.4 is 57.4 Å². The molecule has 0 saturated carbocycles. The summed E-state index contributed by atoms with van der Waals surface area (Å²) in [7, 11) is 0. The van der Waals surface area contributed by atoms with Crippen molar-refractivity contribution in [2.45, 2.75) is 27.7 Å². The van der Waals surface area contributed by atoms with E-state index in [1.807, 2.05) is 48.6 Å². The smallest absolute Gasteiger partial charge is 0.194 e. The molecule has 2 aromatic rings. The maximum atomic E-state index is 13.3. The van der Waals surface area contributed by atoms with Gasteiger partial charge in [-0.1, -0.05) is 13.2 Å². The zero-order valence-corrected chi connectivity index (χ0v) is 27.8. The summed E-state index contributed by atoms with van der Waals surface area (Å²) in [6.45, 7) is 25.7. The summed E-state index contributed by atoms with van der Waals surface area (Å²) >= 11 is 0. The molecule has 0 bridgehead atoms. The number of ketones is 1. The number of rotatable bonds is 16. The molecule has 0 fully saturated rings. The molecule has 0 aliphatic heterocycles. The van der Waals surface area contributed by atoms with Gasteiger partial charge in [0.05, 0.1) is 39.3 Å². The Morgan fingerprint density at radius 2 is 1.03 bits per heavy atom. The first-order chi connectivity index (χ1) is 17.4. The Hall–Kier alpha value is -1.43. The zero-order chi connectivity index (χ0) is 26.2. The molecule has 1 aliphatic rings. The van der Waals surface area contributed by atoms with Gasteiger partial charge in [0.2, 0.25) is 0 Å². The Bertz CT molecular complexity index is 995. The van der Waals surface area contributed by atoms with E-state index < -0.39 is 0 Å². The third-order valence-electron chi connectivity index (χ3n) is 8.15. The Morgan fingerprint density at radius 3 is 1.34 bits per heavy atom. The molecule has 0 aromatic heterocycles. The van der Waals surface area contributed by atoms with Gasteiger partial charge in [-0.05, 0) is 87.4 Å². The molecule has 38 heavy (non-hydrogen) atoms. The lowest BCUT2D eigenvalue weighted by Gasteiger charge is -2.35. The molecule has 210 valence electrons. The fraction of sp³-hybridized carbons (Fsp3) is 0.452. The van der Waals surface area contributed by atoms with Crippen LogP contribution in [0.1, 0.15) is 43.6 Å². The van der Waals surface area contributed by atoms with Crippen LogP contribution in [-0.4, -0.2) is 80.3 Å². The van der Waals surface area contributed by atoms with Crippen molar-refractivity contribution in [1.82, 2.24) is 0 Å². The quantitative estimate of drug-likeness (QED) is 0.115. The number of carbonyl (C=O) groups is 1. The zero-order valence-electron chi connectivity index (χ0n) is 23.5. The molecule has 0 spiro atoms. The fourth-order valence-corrected chi connectivity index (χ4v) is 5.26. The molecule has 0 unspecified atom stereocenters. The summed E-state index contributed by atoms with van der Waals surface area (Å²) in [5.41, 5.74) is 3.34. The van der Waals surface area contributed by atoms with E-state index in [9.17, 15) is 4.79 Å². The van der Waals surface area contributed by atoms with E-state index >= 15 is 0 Å². The summed E-state index contributed by atoms with van der Waals surface area (Å²) in [4.78, 5) is 13.3. The van der Waals surface area contributed by atoms with Gasteiger partial charge in [0.1, 0.15) is 37.8 Å². The number of nitrogens with zero attached hydrogens (tertiary/aromatic N) is 2. The number of quaternary nitrogens is 2. The summed E-state index contributed by atoms with van der Waals surface area (Å²) < 4.78 is 14.1. The normalized spacial score (nSPS) is 12.1. The van der Waals surface area contributed by atoms with Gasteiger partial charge in [-0.2, -0.15) is 0 Å². The molecule has 0 heterocycles. The van der Waals surface area contributed by atoms with Gasteiger partial charge < -0.3 is 66.4 Å². The topological polar surface area (TPSA) is 35.5 Å². The second-order valence-corrected chi connectivity index (χ2v) is 9.78. The predicted molar refractivity (Wildman–Crippen MR) is 149 cm³/mol. The Balaban J connectivity index is 0.00000361. The van der Waals surface area contributed by atoms with Crippen LogP contribution in [0.5, 0.6) is 11.5 Å². The van der Waals surface area contributed by atoms with Crippen LogP contribution in [0.15, 0.2) is 61.7 Å². The lowest BCUT2D eigenvalue weighted by molar-refractivity contribution is -0.919. The van der Waals surface area contributed by atoms with Crippen molar-refractivity contribution in [3.05, 3.63) is 72.8 Å². The molecule has 1 aliphatic carbocycles. The molecule has 0 saturated heterocycles. The van der Waals surface area contributed by atoms with Crippen molar-refractivity contribution in [1.29, 1.82) is 0 Å².